The van der Waals surface area contributed by atoms with Gasteiger partial charge in [-0.15, -0.1) is 0 Å². The van der Waals surface area contributed by atoms with Crippen LogP contribution >= 0.6 is 24.0 Å². The fourth-order valence-corrected chi connectivity index (χ4v) is 4.45. The van der Waals surface area contributed by atoms with Crippen LogP contribution in [0.1, 0.15) is 12.5 Å². The third-order valence-electron chi connectivity index (χ3n) is 4.57. The van der Waals surface area contributed by atoms with E-state index in [0.29, 0.717) is 25.9 Å². The highest BCUT2D eigenvalue weighted by Gasteiger charge is 2.38. The van der Waals surface area contributed by atoms with Crippen molar-refractivity contribution in [3.63, 3.8) is 0 Å². The Morgan fingerprint density at radius 1 is 1.13 bits per heavy atom. The third-order valence-corrected chi connectivity index (χ3v) is 5.90. The SMILES string of the molecule is C[C@@H](C(=O)Nc1ccc2oc(=O)ccc2c1)N1C(=O)/C(=C/c2ccccc2)SC1=S. The first-order chi connectivity index (χ1) is 14.4. The van der Waals surface area contributed by atoms with Crippen molar-refractivity contribution in [1.29, 1.82) is 0 Å². The van der Waals surface area contributed by atoms with Gasteiger partial charge < -0.3 is 9.73 Å². The predicted octanol–water partition coefficient (Wildman–Crippen LogP) is 4.02. The molecule has 0 aliphatic carbocycles. The van der Waals surface area contributed by atoms with Crippen molar-refractivity contribution in [2.24, 2.45) is 0 Å². The van der Waals surface area contributed by atoms with Gasteiger partial charge in [-0.2, -0.15) is 0 Å². The topological polar surface area (TPSA) is 79.6 Å². The molecule has 3 aromatic rings. The molecule has 1 aliphatic rings. The highest BCUT2D eigenvalue weighted by atomic mass is 32.2. The summed E-state index contributed by atoms with van der Waals surface area (Å²) in [6.45, 7) is 1.63. The molecule has 1 atom stereocenters. The van der Waals surface area contributed by atoms with E-state index in [-0.39, 0.29) is 11.8 Å². The normalized spacial score (nSPS) is 16.3. The predicted molar refractivity (Wildman–Crippen MR) is 122 cm³/mol. The second kappa shape index (κ2) is 8.25. The van der Waals surface area contributed by atoms with Crippen molar-refractivity contribution in [3.05, 3.63) is 81.6 Å². The minimum absolute atomic E-state index is 0.295. The van der Waals surface area contributed by atoms with Gasteiger partial charge in [-0.25, -0.2) is 4.79 Å². The second-order valence-electron chi connectivity index (χ2n) is 6.63. The van der Waals surface area contributed by atoms with Gasteiger partial charge in [-0.05, 0) is 42.8 Å². The molecule has 8 heteroatoms. The van der Waals surface area contributed by atoms with Gasteiger partial charge in [-0.3, -0.25) is 14.5 Å². The van der Waals surface area contributed by atoms with Crippen LogP contribution in [0.4, 0.5) is 5.69 Å². The summed E-state index contributed by atoms with van der Waals surface area (Å²) in [5.74, 6) is -0.666. The molecule has 1 N–H and O–H groups in total. The molecule has 30 heavy (non-hydrogen) atoms. The lowest BCUT2D eigenvalue weighted by Crippen LogP contribution is -2.44. The molecule has 0 radical (unpaired) electrons. The number of hydrogen-bond acceptors (Lipinski definition) is 6. The van der Waals surface area contributed by atoms with Crippen molar-refractivity contribution < 1.29 is 14.0 Å². The first kappa shape index (κ1) is 20.1. The van der Waals surface area contributed by atoms with E-state index in [1.165, 1.54) is 22.7 Å². The van der Waals surface area contributed by atoms with Crippen molar-refractivity contribution in [2.45, 2.75) is 13.0 Å². The van der Waals surface area contributed by atoms with Crippen LogP contribution in [-0.2, 0) is 9.59 Å². The van der Waals surface area contributed by atoms with Crippen molar-refractivity contribution >= 4 is 62.8 Å². The number of carbonyl (C=O) groups excluding carboxylic acids is 2. The fraction of sp³-hybridized carbons (Fsp3) is 0.0909. The summed E-state index contributed by atoms with van der Waals surface area (Å²) in [5, 5.41) is 3.47. The average molecular weight is 437 g/mol. The molecule has 4 rings (SSSR count). The summed E-state index contributed by atoms with van der Waals surface area (Å²) >= 11 is 6.53. The molecule has 1 aromatic heterocycles. The molecule has 1 fully saturated rings. The van der Waals surface area contributed by atoms with E-state index < -0.39 is 11.7 Å². The van der Waals surface area contributed by atoms with Gasteiger partial charge in [-0.1, -0.05) is 54.3 Å². The van der Waals surface area contributed by atoms with Crippen molar-refractivity contribution in [3.8, 4) is 0 Å². The van der Waals surface area contributed by atoms with E-state index in [1.807, 2.05) is 30.3 Å². The largest absolute Gasteiger partial charge is 0.423 e. The van der Waals surface area contributed by atoms with Crippen LogP contribution in [0.25, 0.3) is 17.0 Å². The fourth-order valence-electron chi connectivity index (χ4n) is 3.03. The van der Waals surface area contributed by atoms with E-state index in [2.05, 4.69) is 5.32 Å². The van der Waals surface area contributed by atoms with Gasteiger partial charge in [0, 0.05) is 17.1 Å². The van der Waals surface area contributed by atoms with Crippen molar-refractivity contribution in [1.82, 2.24) is 4.90 Å². The number of amides is 2. The van der Waals surface area contributed by atoms with Gasteiger partial charge >= 0.3 is 5.63 Å². The van der Waals surface area contributed by atoms with E-state index in [1.54, 1.807) is 37.3 Å². The highest BCUT2D eigenvalue weighted by Crippen LogP contribution is 2.34. The van der Waals surface area contributed by atoms with Crippen LogP contribution in [0.5, 0.6) is 0 Å². The Morgan fingerprint density at radius 2 is 1.90 bits per heavy atom. The van der Waals surface area contributed by atoms with Crippen LogP contribution in [0.2, 0.25) is 0 Å². The first-order valence-corrected chi connectivity index (χ1v) is 10.3. The van der Waals surface area contributed by atoms with Crippen LogP contribution in [-0.4, -0.2) is 27.1 Å². The summed E-state index contributed by atoms with van der Waals surface area (Å²) in [6.07, 6.45) is 1.76. The Bertz CT molecular complexity index is 1250. The molecule has 0 unspecified atom stereocenters. The Kier molecular flexibility index (Phi) is 5.52. The van der Waals surface area contributed by atoms with Gasteiger partial charge in [0.2, 0.25) is 5.91 Å². The molecule has 0 saturated carbocycles. The Labute approximate surface area is 181 Å². The van der Waals surface area contributed by atoms with Crippen LogP contribution in [0.3, 0.4) is 0 Å². The molecule has 2 aromatic carbocycles. The number of nitrogens with zero attached hydrogens (tertiary/aromatic N) is 1. The number of rotatable bonds is 4. The van der Waals surface area contributed by atoms with Crippen molar-refractivity contribution in [2.75, 3.05) is 5.32 Å². The number of anilines is 1. The molecule has 2 heterocycles. The maximum absolute atomic E-state index is 12.9. The van der Waals surface area contributed by atoms with E-state index in [4.69, 9.17) is 16.6 Å². The summed E-state index contributed by atoms with van der Waals surface area (Å²) in [5.41, 5.74) is 1.40. The number of nitrogens with one attached hydrogen (secondary N) is 1. The third kappa shape index (κ3) is 4.05. The quantitative estimate of drug-likeness (QED) is 0.378. The molecular weight excluding hydrogens is 420 g/mol. The zero-order valence-electron chi connectivity index (χ0n) is 15.8. The van der Waals surface area contributed by atoms with Crippen LogP contribution in [0, 0.1) is 0 Å². The average Bonchev–Trinajstić information content (AvgIpc) is 3.01. The zero-order chi connectivity index (χ0) is 21.3. The molecule has 0 bridgehead atoms. The standard InChI is InChI=1S/C22H16N2O4S2/c1-13(20(26)23-16-8-9-17-15(12-16)7-10-19(25)28-17)24-21(27)18(30-22(24)29)11-14-5-3-2-4-6-14/h2-13H,1H3,(H,23,26)/b18-11-/t13-/m0/s1. The molecule has 2 amide bonds. The maximum atomic E-state index is 12.9. The second-order valence-corrected chi connectivity index (χ2v) is 8.31. The number of hydrogen-bond donors (Lipinski definition) is 1. The maximum Gasteiger partial charge on any atom is 0.336 e. The number of benzene rings is 2. The summed E-state index contributed by atoms with van der Waals surface area (Å²) in [6, 6.07) is 16.5. The monoisotopic (exact) mass is 436 g/mol. The minimum Gasteiger partial charge on any atom is -0.423 e. The number of thiocarbonyl (C=S) groups is 1. The zero-order valence-corrected chi connectivity index (χ0v) is 17.5. The lowest BCUT2D eigenvalue weighted by Gasteiger charge is -2.22. The Morgan fingerprint density at radius 3 is 2.67 bits per heavy atom. The lowest BCUT2D eigenvalue weighted by atomic mass is 10.2. The Balaban J connectivity index is 1.51. The van der Waals surface area contributed by atoms with Gasteiger partial charge in [0.15, 0.2) is 0 Å². The number of thioether (sulfide) groups is 1. The smallest absolute Gasteiger partial charge is 0.336 e. The Hall–Kier alpha value is -3.23. The van der Waals surface area contributed by atoms with E-state index in [9.17, 15) is 14.4 Å². The first-order valence-electron chi connectivity index (χ1n) is 9.09. The molecule has 1 saturated heterocycles. The number of fused-ring (bicyclic) bond motifs is 1. The summed E-state index contributed by atoms with van der Waals surface area (Å²) in [7, 11) is 0. The van der Waals surface area contributed by atoms with Gasteiger partial charge in [0.25, 0.3) is 5.91 Å². The number of carbonyl (C=O) groups is 2. The van der Waals surface area contributed by atoms with Crippen LogP contribution in [0.15, 0.2) is 74.8 Å². The van der Waals surface area contributed by atoms with E-state index >= 15 is 0 Å². The summed E-state index contributed by atoms with van der Waals surface area (Å²) in [4.78, 5) is 38.7. The van der Waals surface area contributed by atoms with E-state index in [0.717, 1.165) is 5.56 Å². The molecule has 0 spiro atoms. The lowest BCUT2D eigenvalue weighted by molar-refractivity contribution is -0.129. The molecule has 1 aliphatic heterocycles. The van der Waals surface area contributed by atoms with Crippen LogP contribution < -0.4 is 10.9 Å². The molecular formula is C22H16N2O4S2. The molecule has 6 nitrogen and oxygen atoms in total. The highest BCUT2D eigenvalue weighted by molar-refractivity contribution is 8.26. The summed E-state index contributed by atoms with van der Waals surface area (Å²) < 4.78 is 5.43. The van der Waals surface area contributed by atoms with Gasteiger partial charge in [0.05, 0.1) is 4.91 Å². The van der Waals surface area contributed by atoms with Gasteiger partial charge in [0.1, 0.15) is 15.9 Å². The minimum atomic E-state index is -0.788. The molecule has 150 valence electrons.